The Morgan fingerprint density at radius 2 is 2.26 bits per heavy atom. The van der Waals surface area contributed by atoms with Crippen molar-refractivity contribution in [3.05, 3.63) is 23.3 Å². The monoisotopic (exact) mass is 323 g/mol. The van der Waals surface area contributed by atoms with Crippen LogP contribution in [0.15, 0.2) is 12.1 Å². The summed E-state index contributed by atoms with van der Waals surface area (Å²) in [6.07, 6.45) is -0.0839. The summed E-state index contributed by atoms with van der Waals surface area (Å²) in [4.78, 5) is 12.2. The molecule has 2 N–H and O–H groups in total. The lowest BCUT2D eigenvalue weighted by Gasteiger charge is -2.25. The standard InChI is InChI=1S/C17H25NO5/c1-4-7-18-8-12(19)9-23-17-14-10-22-11(2)16(20)13(14)5-6-15(17)21-3/h5-6,11-12,18-19H,4,7-10H2,1-3H3. The van der Waals surface area contributed by atoms with Gasteiger partial charge in [-0.25, -0.2) is 0 Å². The maximum Gasteiger partial charge on any atom is 0.191 e. The number of rotatable bonds is 8. The Morgan fingerprint density at radius 1 is 1.48 bits per heavy atom. The van der Waals surface area contributed by atoms with Crippen LogP contribution in [0.1, 0.15) is 36.2 Å². The maximum atomic E-state index is 12.2. The zero-order valence-electron chi connectivity index (χ0n) is 13.9. The fourth-order valence-electron chi connectivity index (χ4n) is 2.49. The molecule has 0 saturated carbocycles. The third-order valence-electron chi connectivity index (χ3n) is 3.78. The molecule has 23 heavy (non-hydrogen) atoms. The second-order valence-electron chi connectivity index (χ2n) is 5.61. The van der Waals surface area contributed by atoms with Crippen LogP contribution >= 0.6 is 0 Å². The second-order valence-corrected chi connectivity index (χ2v) is 5.61. The number of Topliss-reactive ketones (excluding diaryl/α,β-unsaturated/α-hetero) is 1. The van der Waals surface area contributed by atoms with Gasteiger partial charge < -0.3 is 24.6 Å². The Hall–Kier alpha value is -1.63. The molecule has 1 heterocycles. The number of benzene rings is 1. The minimum absolute atomic E-state index is 0.0658. The van der Waals surface area contributed by atoms with Crippen molar-refractivity contribution >= 4 is 5.78 Å². The number of hydrogen-bond donors (Lipinski definition) is 2. The molecule has 128 valence electrons. The molecular weight excluding hydrogens is 298 g/mol. The van der Waals surface area contributed by atoms with Gasteiger partial charge in [0.1, 0.15) is 18.8 Å². The molecule has 0 fully saturated rings. The first kappa shape index (κ1) is 17.7. The molecule has 6 nitrogen and oxygen atoms in total. The molecule has 1 aromatic rings. The van der Waals surface area contributed by atoms with Crippen LogP contribution in [-0.2, 0) is 11.3 Å². The Labute approximate surface area is 136 Å². The lowest BCUT2D eigenvalue weighted by molar-refractivity contribution is 0.0317. The Kier molecular flexibility index (Phi) is 6.38. The Bertz CT molecular complexity index is 546. The molecule has 2 atom stereocenters. The average Bonchev–Trinajstić information content (AvgIpc) is 2.56. The molecule has 0 spiro atoms. The number of ketones is 1. The molecule has 1 aliphatic rings. The summed E-state index contributed by atoms with van der Waals surface area (Å²) in [5.74, 6) is 0.937. The third kappa shape index (κ3) is 4.22. The van der Waals surface area contributed by atoms with Crippen molar-refractivity contribution in [2.24, 2.45) is 0 Å². The number of carbonyl (C=O) groups excluding carboxylic acids is 1. The molecule has 0 radical (unpaired) electrons. The first-order valence-electron chi connectivity index (χ1n) is 7.95. The van der Waals surface area contributed by atoms with Crippen molar-refractivity contribution < 1.29 is 24.1 Å². The van der Waals surface area contributed by atoms with E-state index in [0.29, 0.717) is 35.8 Å². The van der Waals surface area contributed by atoms with Gasteiger partial charge in [-0.05, 0) is 32.0 Å². The van der Waals surface area contributed by atoms with Crippen LogP contribution in [0, 0.1) is 0 Å². The highest BCUT2D eigenvalue weighted by atomic mass is 16.5. The van der Waals surface area contributed by atoms with E-state index >= 15 is 0 Å². The van der Waals surface area contributed by atoms with Crippen molar-refractivity contribution in [3.63, 3.8) is 0 Å². The summed E-state index contributed by atoms with van der Waals surface area (Å²) in [6, 6.07) is 3.45. The van der Waals surface area contributed by atoms with E-state index in [0.717, 1.165) is 13.0 Å². The molecule has 0 aromatic heterocycles. The van der Waals surface area contributed by atoms with E-state index in [-0.39, 0.29) is 12.4 Å². The SMILES string of the molecule is CCCNCC(O)COc1c(OC)ccc2c1COC(C)C2=O. The first-order chi connectivity index (χ1) is 11.1. The van der Waals surface area contributed by atoms with Crippen molar-refractivity contribution in [2.45, 2.75) is 39.1 Å². The summed E-state index contributed by atoms with van der Waals surface area (Å²) in [7, 11) is 1.54. The quantitative estimate of drug-likeness (QED) is 0.707. The molecule has 2 rings (SSSR count). The molecular formula is C17H25NO5. The van der Waals surface area contributed by atoms with E-state index in [4.69, 9.17) is 14.2 Å². The van der Waals surface area contributed by atoms with Gasteiger partial charge in [-0.1, -0.05) is 6.92 Å². The van der Waals surface area contributed by atoms with E-state index in [9.17, 15) is 9.90 Å². The molecule has 1 aromatic carbocycles. The number of aliphatic hydroxyl groups excluding tert-OH is 1. The van der Waals surface area contributed by atoms with Gasteiger partial charge in [0, 0.05) is 17.7 Å². The number of ether oxygens (including phenoxy) is 3. The van der Waals surface area contributed by atoms with Gasteiger partial charge in [-0.2, -0.15) is 0 Å². The van der Waals surface area contributed by atoms with Crippen LogP contribution in [0.5, 0.6) is 11.5 Å². The zero-order valence-corrected chi connectivity index (χ0v) is 13.9. The van der Waals surface area contributed by atoms with Gasteiger partial charge in [-0.15, -0.1) is 0 Å². The highest BCUT2D eigenvalue weighted by Crippen LogP contribution is 2.37. The smallest absolute Gasteiger partial charge is 0.191 e. The van der Waals surface area contributed by atoms with Crippen LogP contribution in [0.2, 0.25) is 0 Å². The normalized spacial score (nSPS) is 18.4. The fraction of sp³-hybridized carbons (Fsp3) is 0.588. The molecule has 1 aliphatic heterocycles. The van der Waals surface area contributed by atoms with Gasteiger partial charge in [0.2, 0.25) is 0 Å². The molecule has 0 aliphatic carbocycles. The van der Waals surface area contributed by atoms with Crippen LogP contribution in [0.4, 0.5) is 0 Å². The van der Waals surface area contributed by atoms with Crippen LogP contribution < -0.4 is 14.8 Å². The number of hydrogen-bond acceptors (Lipinski definition) is 6. The van der Waals surface area contributed by atoms with Crippen molar-refractivity contribution in [3.8, 4) is 11.5 Å². The summed E-state index contributed by atoms with van der Waals surface area (Å²) in [6.45, 7) is 5.51. The second kappa shape index (κ2) is 8.29. The van der Waals surface area contributed by atoms with Crippen LogP contribution in [0.3, 0.4) is 0 Å². The number of fused-ring (bicyclic) bond motifs is 1. The lowest BCUT2D eigenvalue weighted by atomic mass is 9.97. The number of carbonyl (C=O) groups is 1. The maximum absolute atomic E-state index is 12.2. The van der Waals surface area contributed by atoms with Gasteiger partial charge in [-0.3, -0.25) is 4.79 Å². The molecule has 6 heteroatoms. The Morgan fingerprint density at radius 3 is 2.96 bits per heavy atom. The summed E-state index contributed by atoms with van der Waals surface area (Å²) < 4.78 is 16.6. The van der Waals surface area contributed by atoms with Crippen molar-refractivity contribution in [1.29, 1.82) is 0 Å². The molecule has 2 unspecified atom stereocenters. The Balaban J connectivity index is 2.12. The van der Waals surface area contributed by atoms with Crippen LogP contribution in [0.25, 0.3) is 0 Å². The van der Waals surface area contributed by atoms with Crippen molar-refractivity contribution in [2.75, 3.05) is 26.8 Å². The number of nitrogens with one attached hydrogen (secondary N) is 1. The fourth-order valence-corrected chi connectivity index (χ4v) is 2.49. The van der Waals surface area contributed by atoms with Crippen molar-refractivity contribution in [1.82, 2.24) is 5.32 Å². The van der Waals surface area contributed by atoms with Gasteiger partial charge >= 0.3 is 0 Å². The minimum atomic E-state index is -0.638. The van der Waals surface area contributed by atoms with E-state index in [1.807, 2.05) is 0 Å². The van der Waals surface area contributed by atoms with E-state index in [2.05, 4.69) is 12.2 Å². The summed E-state index contributed by atoms with van der Waals surface area (Å²) in [5.41, 5.74) is 1.28. The predicted octanol–water partition coefficient (Wildman–Crippen LogP) is 1.54. The zero-order chi connectivity index (χ0) is 16.8. The number of aliphatic hydroxyl groups is 1. The highest BCUT2D eigenvalue weighted by Gasteiger charge is 2.29. The average molecular weight is 323 g/mol. The van der Waals surface area contributed by atoms with Gasteiger partial charge in [0.15, 0.2) is 17.3 Å². The van der Waals surface area contributed by atoms with E-state index in [1.165, 1.54) is 0 Å². The van der Waals surface area contributed by atoms with Gasteiger partial charge in [0.05, 0.1) is 13.7 Å². The third-order valence-corrected chi connectivity index (χ3v) is 3.78. The van der Waals surface area contributed by atoms with Gasteiger partial charge in [0.25, 0.3) is 0 Å². The summed E-state index contributed by atoms with van der Waals surface area (Å²) >= 11 is 0. The topological polar surface area (TPSA) is 77.0 Å². The van der Waals surface area contributed by atoms with E-state index < -0.39 is 12.2 Å². The first-order valence-corrected chi connectivity index (χ1v) is 7.95. The largest absolute Gasteiger partial charge is 0.493 e. The van der Waals surface area contributed by atoms with E-state index in [1.54, 1.807) is 26.2 Å². The molecule has 0 bridgehead atoms. The molecule has 0 saturated heterocycles. The minimum Gasteiger partial charge on any atom is -0.493 e. The molecule has 0 amide bonds. The predicted molar refractivity (Wildman–Crippen MR) is 86.2 cm³/mol. The summed E-state index contributed by atoms with van der Waals surface area (Å²) in [5, 5.41) is 13.1. The van der Waals surface area contributed by atoms with Crippen LogP contribution in [-0.4, -0.2) is 49.9 Å². The lowest BCUT2D eigenvalue weighted by Crippen LogP contribution is -2.32. The number of methoxy groups -OCH3 is 1. The highest BCUT2D eigenvalue weighted by molar-refractivity contribution is 6.02.